The van der Waals surface area contributed by atoms with E-state index in [2.05, 4.69) is 45.6 Å². The van der Waals surface area contributed by atoms with Crippen LogP contribution >= 0.6 is 0 Å². The van der Waals surface area contributed by atoms with Crippen molar-refractivity contribution in [2.24, 2.45) is 17.8 Å². The molecule has 5 atom stereocenters. The van der Waals surface area contributed by atoms with Crippen LogP contribution in [0.1, 0.15) is 55.5 Å². The van der Waals surface area contributed by atoms with Gasteiger partial charge in [-0.3, -0.25) is 14.6 Å². The van der Waals surface area contributed by atoms with E-state index in [0.29, 0.717) is 24.3 Å². The van der Waals surface area contributed by atoms with E-state index in [-0.39, 0.29) is 29.4 Å². The van der Waals surface area contributed by atoms with E-state index < -0.39 is 0 Å². The topological polar surface area (TPSA) is 71.5 Å². The molecule has 0 unspecified atom stereocenters. The number of fused-ring (bicyclic) bond motifs is 4. The third-order valence-electron chi connectivity index (χ3n) is 8.74. The highest BCUT2D eigenvalue weighted by atomic mass is 16.5. The zero-order chi connectivity index (χ0) is 24.0. The minimum absolute atomic E-state index is 0.0646. The van der Waals surface area contributed by atoms with Gasteiger partial charge in [0.1, 0.15) is 0 Å². The lowest BCUT2D eigenvalue weighted by atomic mass is 9.71. The van der Waals surface area contributed by atoms with E-state index in [1.54, 1.807) is 13.1 Å². The molecule has 2 aromatic rings. The molecule has 182 valence electrons. The Morgan fingerprint density at radius 3 is 2.57 bits per heavy atom. The Labute approximate surface area is 206 Å². The second-order valence-corrected chi connectivity index (χ2v) is 10.7. The van der Waals surface area contributed by atoms with Crippen LogP contribution in [0, 0.1) is 17.8 Å². The van der Waals surface area contributed by atoms with Crippen molar-refractivity contribution in [2.45, 2.75) is 56.8 Å². The number of nitrogens with zero attached hydrogens (tertiary/aromatic N) is 2. The summed E-state index contributed by atoms with van der Waals surface area (Å²) in [7, 11) is 0. The number of likely N-dealkylation sites (tertiary alicyclic amines) is 1. The first-order valence-electron chi connectivity index (χ1n) is 12.9. The van der Waals surface area contributed by atoms with Crippen LogP contribution in [0.3, 0.4) is 0 Å². The van der Waals surface area contributed by atoms with Gasteiger partial charge >= 0.3 is 0 Å². The molecule has 1 aromatic carbocycles. The van der Waals surface area contributed by atoms with Crippen molar-refractivity contribution in [1.82, 2.24) is 15.2 Å². The first-order valence-corrected chi connectivity index (χ1v) is 12.9. The van der Waals surface area contributed by atoms with Crippen LogP contribution in [0.2, 0.25) is 0 Å². The van der Waals surface area contributed by atoms with Crippen LogP contribution in [0.5, 0.6) is 0 Å². The van der Waals surface area contributed by atoms with Gasteiger partial charge in [-0.05, 0) is 60.8 Å². The second kappa shape index (κ2) is 8.90. The van der Waals surface area contributed by atoms with E-state index >= 15 is 0 Å². The maximum absolute atomic E-state index is 13.4. The predicted octanol–water partition coefficient (Wildman–Crippen LogP) is 3.93. The highest BCUT2D eigenvalue weighted by molar-refractivity contribution is 5.80. The maximum Gasteiger partial charge on any atom is 0.226 e. The lowest BCUT2D eigenvalue weighted by Crippen LogP contribution is -2.53. The fourth-order valence-corrected chi connectivity index (χ4v) is 7.12. The summed E-state index contributed by atoms with van der Waals surface area (Å²) in [6.07, 6.45) is 9.92. The molecule has 2 heterocycles. The molecule has 2 amide bonds. The molecule has 1 saturated carbocycles. The normalized spacial score (nSPS) is 30.0. The summed E-state index contributed by atoms with van der Waals surface area (Å²) in [6, 6.07) is 14.0. The third-order valence-corrected chi connectivity index (χ3v) is 8.74. The first-order chi connectivity index (χ1) is 17.0. The van der Waals surface area contributed by atoms with E-state index in [4.69, 9.17) is 4.74 Å². The van der Waals surface area contributed by atoms with Crippen molar-refractivity contribution >= 4 is 11.8 Å². The highest BCUT2D eigenvalue weighted by Gasteiger charge is 2.55. The zero-order valence-corrected chi connectivity index (χ0v) is 20.2. The van der Waals surface area contributed by atoms with Crippen molar-refractivity contribution < 1.29 is 14.3 Å². The molecule has 6 rings (SSSR count). The number of hydrogen-bond donors (Lipinski definition) is 1. The number of allylic oxidation sites excluding steroid dienone is 2. The Hall–Kier alpha value is -2.99. The molecule has 6 heteroatoms. The molecule has 3 aliphatic carbocycles. The molecular formula is C29H33N3O3. The van der Waals surface area contributed by atoms with Gasteiger partial charge in [-0.25, -0.2) is 0 Å². The smallest absolute Gasteiger partial charge is 0.226 e. The summed E-state index contributed by atoms with van der Waals surface area (Å²) in [5.41, 5.74) is 3.01. The van der Waals surface area contributed by atoms with E-state index in [1.807, 2.05) is 24.3 Å². The number of amides is 2. The number of aromatic nitrogens is 1. The number of piperidine rings is 1. The molecule has 2 fully saturated rings. The third kappa shape index (κ3) is 3.88. The summed E-state index contributed by atoms with van der Waals surface area (Å²) >= 11 is 0. The summed E-state index contributed by atoms with van der Waals surface area (Å²) in [4.78, 5) is 32.2. The molecule has 6 nitrogen and oxygen atoms in total. The maximum atomic E-state index is 13.4. The minimum Gasteiger partial charge on any atom is -0.368 e. The van der Waals surface area contributed by atoms with Gasteiger partial charge in [-0.1, -0.05) is 42.5 Å². The lowest BCUT2D eigenvalue weighted by Gasteiger charge is -2.45. The molecule has 2 bridgehead atoms. The van der Waals surface area contributed by atoms with Gasteiger partial charge in [0.25, 0.3) is 0 Å². The molecular weight excluding hydrogens is 438 g/mol. The van der Waals surface area contributed by atoms with Crippen molar-refractivity contribution in [2.75, 3.05) is 13.1 Å². The average Bonchev–Trinajstić information content (AvgIpc) is 3.58. The van der Waals surface area contributed by atoms with Crippen molar-refractivity contribution in [3.05, 3.63) is 77.6 Å². The van der Waals surface area contributed by atoms with Crippen LogP contribution in [0.4, 0.5) is 0 Å². The number of hydrogen-bond acceptors (Lipinski definition) is 4. The van der Waals surface area contributed by atoms with Crippen molar-refractivity contribution in [3.8, 4) is 0 Å². The summed E-state index contributed by atoms with van der Waals surface area (Å²) in [5, 5.41) is 3.18. The fraction of sp³-hybridized carbons (Fsp3) is 0.483. The molecule has 1 aromatic heterocycles. The van der Waals surface area contributed by atoms with Crippen LogP contribution in [0.15, 0.2) is 60.8 Å². The first kappa shape index (κ1) is 22.5. The number of carbonyl (C=O) groups excluding carboxylic acids is 2. The largest absolute Gasteiger partial charge is 0.368 e. The predicted molar refractivity (Wildman–Crippen MR) is 132 cm³/mol. The molecule has 1 aliphatic heterocycles. The second-order valence-electron chi connectivity index (χ2n) is 10.7. The van der Waals surface area contributed by atoms with Crippen LogP contribution in [-0.2, 0) is 26.3 Å². The summed E-state index contributed by atoms with van der Waals surface area (Å²) in [6.45, 7) is 3.40. The number of ether oxygens (including phenoxy) is 1. The van der Waals surface area contributed by atoms with Gasteiger partial charge < -0.3 is 15.0 Å². The Kier molecular flexibility index (Phi) is 5.72. The van der Waals surface area contributed by atoms with Crippen molar-refractivity contribution in [3.63, 3.8) is 0 Å². The van der Waals surface area contributed by atoms with Crippen molar-refractivity contribution in [1.29, 1.82) is 0 Å². The number of benzene rings is 1. The molecule has 4 aliphatic rings. The van der Waals surface area contributed by atoms with E-state index in [1.165, 1.54) is 5.56 Å². The van der Waals surface area contributed by atoms with Crippen LogP contribution < -0.4 is 5.32 Å². The number of pyridine rings is 1. The Morgan fingerprint density at radius 2 is 1.89 bits per heavy atom. The molecule has 1 saturated heterocycles. The fourth-order valence-electron chi connectivity index (χ4n) is 7.12. The Bertz CT molecular complexity index is 1140. The van der Waals surface area contributed by atoms with Crippen LogP contribution in [0.25, 0.3) is 0 Å². The van der Waals surface area contributed by atoms with E-state index in [0.717, 1.165) is 50.0 Å². The standard InChI is InChI=1S/C29H33N3O3/c1-19(33)31-26-23-7-2-3-8-25(23)29(27(26)35-18-22-6-4-5-13-30-22)11-14-32(15-12-29)28(34)24-17-20-9-10-21(24)16-20/h2-10,13,20-21,24,26-27H,11-12,14-18H2,1H3,(H,31,33)/t20-,21+,24+,26-,27+/m1/s1. The lowest BCUT2D eigenvalue weighted by molar-refractivity contribution is -0.139. The summed E-state index contributed by atoms with van der Waals surface area (Å²) in [5.74, 6) is 1.43. The number of carbonyl (C=O) groups is 2. The van der Waals surface area contributed by atoms with Gasteiger partial charge in [0.2, 0.25) is 11.8 Å². The molecule has 1 N–H and O–H groups in total. The van der Waals surface area contributed by atoms with Gasteiger partial charge in [0.15, 0.2) is 0 Å². The van der Waals surface area contributed by atoms with Gasteiger partial charge in [0, 0.05) is 37.5 Å². The monoisotopic (exact) mass is 471 g/mol. The van der Waals surface area contributed by atoms with Gasteiger partial charge in [-0.15, -0.1) is 0 Å². The molecule has 35 heavy (non-hydrogen) atoms. The highest BCUT2D eigenvalue weighted by Crippen LogP contribution is 2.53. The van der Waals surface area contributed by atoms with E-state index in [9.17, 15) is 9.59 Å². The average molecular weight is 472 g/mol. The Morgan fingerprint density at radius 1 is 1.09 bits per heavy atom. The van der Waals surface area contributed by atoms with Crippen LogP contribution in [-0.4, -0.2) is 40.9 Å². The summed E-state index contributed by atoms with van der Waals surface area (Å²) < 4.78 is 6.62. The minimum atomic E-state index is -0.246. The zero-order valence-electron chi connectivity index (χ0n) is 20.2. The number of rotatable bonds is 5. The SMILES string of the molecule is CC(=O)N[C@@H]1c2ccccc2C2(CCN(C(=O)[C@H]3C[C@@H]4C=C[C@H]3C4)CC2)[C@H]1OCc1ccccn1. The Balaban J connectivity index is 1.26. The van der Waals surface area contributed by atoms with Gasteiger partial charge in [0.05, 0.1) is 24.4 Å². The van der Waals surface area contributed by atoms with Gasteiger partial charge in [-0.2, -0.15) is 0 Å². The number of nitrogens with one attached hydrogen (secondary N) is 1. The quantitative estimate of drug-likeness (QED) is 0.671. The molecule has 0 radical (unpaired) electrons. The molecule has 1 spiro atoms.